The highest BCUT2D eigenvalue weighted by Crippen LogP contribution is 2.18. The second kappa shape index (κ2) is 7.24. The normalized spacial score (nSPS) is 17.8. The minimum absolute atomic E-state index is 0.00326. The van der Waals surface area contributed by atoms with Crippen LogP contribution in [0, 0.1) is 0 Å². The fraction of sp³-hybridized carbons (Fsp3) is 0.333. The molecule has 1 amide bonds. The zero-order valence-electron chi connectivity index (χ0n) is 13.1. The SMILES string of the molecule is COc1cccc(CC2CN(C(=O)c3cccnc3)CCO2)c1. The van der Waals surface area contributed by atoms with Gasteiger partial charge in [0, 0.05) is 31.9 Å². The first kappa shape index (κ1) is 15.5. The minimum atomic E-state index is -0.00326. The number of pyridine rings is 1. The van der Waals surface area contributed by atoms with Gasteiger partial charge >= 0.3 is 0 Å². The lowest BCUT2D eigenvalue weighted by atomic mass is 10.1. The molecule has 3 rings (SSSR count). The van der Waals surface area contributed by atoms with Crippen molar-refractivity contribution >= 4 is 5.91 Å². The first-order valence-electron chi connectivity index (χ1n) is 7.70. The van der Waals surface area contributed by atoms with Crippen LogP contribution >= 0.6 is 0 Å². The summed E-state index contributed by atoms with van der Waals surface area (Å²) in [6.07, 6.45) is 4.03. The van der Waals surface area contributed by atoms with E-state index in [0.717, 1.165) is 17.7 Å². The number of carbonyl (C=O) groups excluding carboxylic acids is 1. The molecule has 1 aliphatic heterocycles. The largest absolute Gasteiger partial charge is 0.497 e. The van der Waals surface area contributed by atoms with E-state index in [1.54, 1.807) is 31.6 Å². The molecule has 5 nitrogen and oxygen atoms in total. The topological polar surface area (TPSA) is 51.7 Å². The van der Waals surface area contributed by atoms with Crippen LogP contribution in [0.5, 0.6) is 5.75 Å². The summed E-state index contributed by atoms with van der Waals surface area (Å²) in [5.74, 6) is 0.846. The Bertz CT molecular complexity index is 660. The standard InChI is InChI=1S/C18H20N2O3/c1-22-16-6-2-4-14(10-16)11-17-13-20(8-9-23-17)18(21)15-5-3-7-19-12-15/h2-7,10,12,17H,8-9,11,13H2,1H3. The Morgan fingerprint density at radius 1 is 1.39 bits per heavy atom. The second-order valence-corrected chi connectivity index (χ2v) is 5.54. The summed E-state index contributed by atoms with van der Waals surface area (Å²) in [5, 5.41) is 0. The summed E-state index contributed by atoms with van der Waals surface area (Å²) in [5.41, 5.74) is 1.76. The predicted octanol–water partition coefficient (Wildman–Crippen LogP) is 2.17. The monoisotopic (exact) mass is 312 g/mol. The smallest absolute Gasteiger partial charge is 0.255 e. The third kappa shape index (κ3) is 3.87. The number of rotatable bonds is 4. The van der Waals surface area contributed by atoms with Gasteiger partial charge in [0.15, 0.2) is 0 Å². The number of aromatic nitrogens is 1. The van der Waals surface area contributed by atoms with Gasteiger partial charge in [-0.15, -0.1) is 0 Å². The first-order valence-corrected chi connectivity index (χ1v) is 7.70. The summed E-state index contributed by atoms with van der Waals surface area (Å²) in [7, 11) is 1.66. The van der Waals surface area contributed by atoms with Gasteiger partial charge in [-0.1, -0.05) is 12.1 Å². The van der Waals surface area contributed by atoms with Crippen molar-refractivity contribution in [1.29, 1.82) is 0 Å². The molecule has 5 heteroatoms. The third-order valence-electron chi connectivity index (χ3n) is 3.93. The third-order valence-corrected chi connectivity index (χ3v) is 3.93. The van der Waals surface area contributed by atoms with Gasteiger partial charge in [0.25, 0.3) is 5.91 Å². The van der Waals surface area contributed by atoms with Gasteiger partial charge in [-0.25, -0.2) is 0 Å². The van der Waals surface area contributed by atoms with Crippen molar-refractivity contribution in [3.63, 3.8) is 0 Å². The Morgan fingerprint density at radius 3 is 3.09 bits per heavy atom. The van der Waals surface area contributed by atoms with Crippen LogP contribution in [-0.4, -0.2) is 48.7 Å². The van der Waals surface area contributed by atoms with Crippen LogP contribution in [0.15, 0.2) is 48.8 Å². The van der Waals surface area contributed by atoms with E-state index in [1.165, 1.54) is 0 Å². The Hall–Kier alpha value is -2.40. The molecule has 0 aliphatic carbocycles. The molecule has 1 saturated heterocycles. The molecule has 1 aromatic carbocycles. The molecule has 1 aromatic heterocycles. The average molecular weight is 312 g/mol. The zero-order chi connectivity index (χ0) is 16.1. The molecule has 0 N–H and O–H groups in total. The maximum atomic E-state index is 12.5. The van der Waals surface area contributed by atoms with E-state index in [4.69, 9.17) is 9.47 Å². The Labute approximate surface area is 135 Å². The summed E-state index contributed by atoms with van der Waals surface area (Å²) in [4.78, 5) is 18.4. The van der Waals surface area contributed by atoms with Gasteiger partial charge < -0.3 is 14.4 Å². The van der Waals surface area contributed by atoms with Crippen LogP contribution in [0.1, 0.15) is 15.9 Å². The Morgan fingerprint density at radius 2 is 2.30 bits per heavy atom. The van der Waals surface area contributed by atoms with Crippen LogP contribution in [0.25, 0.3) is 0 Å². The summed E-state index contributed by atoms with van der Waals surface area (Å²) in [6, 6.07) is 11.5. The van der Waals surface area contributed by atoms with Crippen LogP contribution in [0.2, 0.25) is 0 Å². The highest BCUT2D eigenvalue weighted by atomic mass is 16.5. The quantitative estimate of drug-likeness (QED) is 0.868. The summed E-state index contributed by atoms with van der Waals surface area (Å²) in [6.45, 7) is 1.76. The van der Waals surface area contributed by atoms with Crippen LogP contribution in [-0.2, 0) is 11.2 Å². The van der Waals surface area contributed by atoms with E-state index in [0.29, 0.717) is 25.3 Å². The summed E-state index contributed by atoms with van der Waals surface area (Å²) >= 11 is 0. The molecule has 1 aliphatic rings. The number of carbonyl (C=O) groups is 1. The molecule has 0 saturated carbocycles. The van der Waals surface area contributed by atoms with Crippen molar-refractivity contribution in [3.8, 4) is 5.75 Å². The van der Waals surface area contributed by atoms with E-state index in [9.17, 15) is 4.79 Å². The molecule has 1 unspecified atom stereocenters. The van der Waals surface area contributed by atoms with Gasteiger partial charge in [0.2, 0.25) is 0 Å². The van der Waals surface area contributed by atoms with Gasteiger partial charge in [0.05, 0.1) is 25.4 Å². The van der Waals surface area contributed by atoms with Crippen LogP contribution in [0.3, 0.4) is 0 Å². The summed E-state index contributed by atoms with van der Waals surface area (Å²) < 4.78 is 11.1. The van der Waals surface area contributed by atoms with Crippen molar-refractivity contribution in [2.24, 2.45) is 0 Å². The maximum Gasteiger partial charge on any atom is 0.255 e. The molecule has 1 atom stereocenters. The molecule has 0 radical (unpaired) electrons. The van der Waals surface area contributed by atoms with E-state index >= 15 is 0 Å². The molecule has 0 bridgehead atoms. The number of amides is 1. The number of morpholine rings is 1. The minimum Gasteiger partial charge on any atom is -0.497 e. The molecular formula is C18H20N2O3. The van der Waals surface area contributed by atoms with Gasteiger partial charge in [-0.3, -0.25) is 9.78 Å². The second-order valence-electron chi connectivity index (χ2n) is 5.54. The number of methoxy groups -OCH3 is 1. The molecule has 1 fully saturated rings. The van der Waals surface area contributed by atoms with Crippen molar-refractivity contribution in [3.05, 3.63) is 59.9 Å². The number of benzene rings is 1. The first-order chi connectivity index (χ1) is 11.3. The molecule has 2 heterocycles. The van der Waals surface area contributed by atoms with Crippen molar-refractivity contribution in [1.82, 2.24) is 9.88 Å². The lowest BCUT2D eigenvalue weighted by Crippen LogP contribution is -2.46. The van der Waals surface area contributed by atoms with Crippen molar-refractivity contribution in [2.75, 3.05) is 26.8 Å². The molecule has 2 aromatic rings. The van der Waals surface area contributed by atoms with Gasteiger partial charge in [0.1, 0.15) is 5.75 Å². The number of hydrogen-bond donors (Lipinski definition) is 0. The van der Waals surface area contributed by atoms with Crippen LogP contribution in [0.4, 0.5) is 0 Å². The fourth-order valence-corrected chi connectivity index (χ4v) is 2.76. The lowest BCUT2D eigenvalue weighted by Gasteiger charge is -2.33. The fourth-order valence-electron chi connectivity index (χ4n) is 2.76. The van der Waals surface area contributed by atoms with Gasteiger partial charge in [-0.2, -0.15) is 0 Å². The Kier molecular flexibility index (Phi) is 4.88. The van der Waals surface area contributed by atoms with Crippen molar-refractivity contribution < 1.29 is 14.3 Å². The number of hydrogen-bond acceptors (Lipinski definition) is 4. The van der Waals surface area contributed by atoms with E-state index < -0.39 is 0 Å². The Balaban J connectivity index is 1.65. The molecular weight excluding hydrogens is 292 g/mol. The highest BCUT2D eigenvalue weighted by molar-refractivity contribution is 5.93. The molecule has 120 valence electrons. The predicted molar refractivity (Wildman–Crippen MR) is 86.6 cm³/mol. The lowest BCUT2D eigenvalue weighted by molar-refractivity contribution is -0.0208. The van der Waals surface area contributed by atoms with E-state index in [-0.39, 0.29) is 12.0 Å². The molecule has 0 spiro atoms. The molecule has 23 heavy (non-hydrogen) atoms. The number of nitrogens with zero attached hydrogens (tertiary/aromatic N) is 2. The zero-order valence-corrected chi connectivity index (χ0v) is 13.1. The van der Waals surface area contributed by atoms with E-state index in [1.807, 2.05) is 29.2 Å². The van der Waals surface area contributed by atoms with E-state index in [2.05, 4.69) is 4.98 Å². The van der Waals surface area contributed by atoms with Crippen LogP contribution < -0.4 is 4.74 Å². The van der Waals surface area contributed by atoms with Gasteiger partial charge in [-0.05, 0) is 29.8 Å². The average Bonchev–Trinajstić information content (AvgIpc) is 2.62. The van der Waals surface area contributed by atoms with Crippen molar-refractivity contribution in [2.45, 2.75) is 12.5 Å². The maximum absolute atomic E-state index is 12.5. The highest BCUT2D eigenvalue weighted by Gasteiger charge is 2.25. The number of ether oxygens (including phenoxy) is 2.